The van der Waals surface area contributed by atoms with Crippen molar-refractivity contribution < 1.29 is 35.9 Å². The summed E-state index contributed by atoms with van der Waals surface area (Å²) in [6.45, 7) is 1.01. The summed E-state index contributed by atoms with van der Waals surface area (Å²) in [5, 5.41) is 8.55. The quantitative estimate of drug-likeness (QED) is 0.827. The van der Waals surface area contributed by atoms with Gasteiger partial charge in [0.15, 0.2) is 0 Å². The fraction of sp³-hybridized carbons (Fsp3) is 0.300. The van der Waals surface area contributed by atoms with Crippen LogP contribution in [0, 0.1) is 5.82 Å². The van der Waals surface area contributed by atoms with E-state index in [4.69, 9.17) is 5.11 Å². The largest absolute Gasteiger partial charge is 0.480 e. The maximum atomic E-state index is 13.2. The number of rotatable bonds is 4. The number of carboxylic acids is 1. The van der Waals surface area contributed by atoms with E-state index in [1.54, 1.807) is 4.72 Å². The van der Waals surface area contributed by atoms with Crippen molar-refractivity contribution in [1.29, 1.82) is 0 Å². The molecule has 1 aromatic carbocycles. The Morgan fingerprint density at radius 1 is 1.35 bits per heavy atom. The Morgan fingerprint density at radius 2 is 1.90 bits per heavy atom. The standard InChI is InChI=1S/C10H9F4NO4S/c1-5(9(16)17)15-20(18,19)6-2-3-7(8(11)4-6)10(12,13)14/h2-5,15H,1H3,(H,16,17). The second kappa shape index (κ2) is 5.37. The lowest BCUT2D eigenvalue weighted by Crippen LogP contribution is -2.38. The summed E-state index contributed by atoms with van der Waals surface area (Å²) in [5.41, 5.74) is -1.61. The van der Waals surface area contributed by atoms with Crippen molar-refractivity contribution in [3.63, 3.8) is 0 Å². The summed E-state index contributed by atoms with van der Waals surface area (Å²) in [6, 6.07) is -0.511. The first-order valence-electron chi connectivity index (χ1n) is 5.07. The summed E-state index contributed by atoms with van der Waals surface area (Å²) in [5.74, 6) is -3.25. The molecule has 1 rings (SSSR count). The van der Waals surface area contributed by atoms with Crippen LogP contribution in [0.25, 0.3) is 0 Å². The molecule has 0 fully saturated rings. The van der Waals surface area contributed by atoms with Gasteiger partial charge in [0.1, 0.15) is 11.9 Å². The zero-order chi connectivity index (χ0) is 15.7. The van der Waals surface area contributed by atoms with E-state index in [0.717, 1.165) is 6.92 Å². The van der Waals surface area contributed by atoms with Crippen molar-refractivity contribution in [2.75, 3.05) is 0 Å². The molecule has 10 heteroatoms. The molecule has 0 aliphatic carbocycles. The average Bonchev–Trinajstić information content (AvgIpc) is 2.26. The number of alkyl halides is 3. The zero-order valence-electron chi connectivity index (χ0n) is 9.90. The third kappa shape index (κ3) is 3.67. The smallest absolute Gasteiger partial charge is 0.419 e. The Labute approximate surface area is 111 Å². The van der Waals surface area contributed by atoms with Crippen molar-refractivity contribution >= 4 is 16.0 Å². The predicted molar refractivity (Wildman–Crippen MR) is 58.8 cm³/mol. The average molecular weight is 315 g/mol. The molecule has 2 N–H and O–H groups in total. The van der Waals surface area contributed by atoms with Crippen molar-refractivity contribution in [2.45, 2.75) is 24.0 Å². The van der Waals surface area contributed by atoms with Crippen molar-refractivity contribution in [3.05, 3.63) is 29.6 Å². The Kier molecular flexibility index (Phi) is 4.39. The molecule has 1 aromatic rings. The van der Waals surface area contributed by atoms with Gasteiger partial charge in [-0.1, -0.05) is 0 Å². The van der Waals surface area contributed by atoms with E-state index in [2.05, 4.69) is 0 Å². The molecule has 1 unspecified atom stereocenters. The normalized spacial score (nSPS) is 14.1. The highest BCUT2D eigenvalue weighted by atomic mass is 32.2. The molecular weight excluding hydrogens is 306 g/mol. The Morgan fingerprint density at radius 3 is 2.30 bits per heavy atom. The summed E-state index contributed by atoms with van der Waals surface area (Å²) < 4.78 is 75.1. The second-order valence-corrected chi connectivity index (χ2v) is 5.53. The van der Waals surface area contributed by atoms with Gasteiger partial charge in [-0.25, -0.2) is 12.8 Å². The first-order valence-corrected chi connectivity index (χ1v) is 6.55. The topological polar surface area (TPSA) is 83.5 Å². The molecule has 1 atom stereocenters. The first kappa shape index (κ1) is 16.4. The molecule has 0 saturated heterocycles. The van der Waals surface area contributed by atoms with Gasteiger partial charge in [-0.3, -0.25) is 4.79 Å². The predicted octanol–water partition coefficient (Wildman–Crippen LogP) is 1.60. The molecular formula is C10H9F4NO4S. The van der Waals surface area contributed by atoms with E-state index in [-0.39, 0.29) is 12.1 Å². The molecule has 0 bridgehead atoms. The SMILES string of the molecule is CC(NS(=O)(=O)c1ccc(C(F)(F)F)c(F)c1)C(=O)O. The molecule has 0 aromatic heterocycles. The highest BCUT2D eigenvalue weighted by molar-refractivity contribution is 7.89. The molecule has 0 spiro atoms. The van der Waals surface area contributed by atoms with E-state index in [9.17, 15) is 30.8 Å². The zero-order valence-corrected chi connectivity index (χ0v) is 10.7. The first-order chi connectivity index (χ1) is 8.95. The van der Waals surface area contributed by atoms with Gasteiger partial charge < -0.3 is 5.11 Å². The molecule has 20 heavy (non-hydrogen) atoms. The highest BCUT2D eigenvalue weighted by Gasteiger charge is 2.35. The summed E-state index contributed by atoms with van der Waals surface area (Å²) in [7, 11) is -4.43. The van der Waals surface area contributed by atoms with Gasteiger partial charge in [0, 0.05) is 0 Å². The Hall–Kier alpha value is -1.68. The molecule has 0 heterocycles. The monoisotopic (exact) mass is 315 g/mol. The second-order valence-electron chi connectivity index (χ2n) is 3.82. The van der Waals surface area contributed by atoms with Crippen LogP contribution < -0.4 is 4.72 Å². The van der Waals surface area contributed by atoms with Crippen LogP contribution in [0.5, 0.6) is 0 Å². The van der Waals surface area contributed by atoms with Gasteiger partial charge in [0.25, 0.3) is 0 Å². The van der Waals surface area contributed by atoms with Gasteiger partial charge in [-0.2, -0.15) is 17.9 Å². The van der Waals surface area contributed by atoms with Crippen LogP contribution in [-0.2, 0) is 21.0 Å². The van der Waals surface area contributed by atoms with E-state index < -0.39 is 44.5 Å². The van der Waals surface area contributed by atoms with E-state index in [0.29, 0.717) is 6.07 Å². The Bertz CT molecular complexity index is 627. The lowest BCUT2D eigenvalue weighted by molar-refractivity contribution is -0.140. The molecule has 112 valence electrons. The number of halogens is 4. The highest BCUT2D eigenvalue weighted by Crippen LogP contribution is 2.32. The molecule has 5 nitrogen and oxygen atoms in total. The number of nitrogens with one attached hydrogen (secondary N) is 1. The van der Waals surface area contributed by atoms with Crippen molar-refractivity contribution in [1.82, 2.24) is 4.72 Å². The summed E-state index contributed by atoms with van der Waals surface area (Å²) >= 11 is 0. The van der Waals surface area contributed by atoms with Gasteiger partial charge in [-0.05, 0) is 25.1 Å². The minimum Gasteiger partial charge on any atom is -0.480 e. The third-order valence-corrected chi connectivity index (χ3v) is 3.80. The van der Waals surface area contributed by atoms with Gasteiger partial charge in [-0.15, -0.1) is 0 Å². The van der Waals surface area contributed by atoms with Gasteiger partial charge in [0.2, 0.25) is 10.0 Å². The van der Waals surface area contributed by atoms with Crippen LogP contribution in [0.3, 0.4) is 0 Å². The molecule has 0 saturated carbocycles. The maximum Gasteiger partial charge on any atom is 0.419 e. The molecule has 0 aliphatic heterocycles. The fourth-order valence-corrected chi connectivity index (χ4v) is 2.45. The summed E-state index contributed by atoms with van der Waals surface area (Å²) in [4.78, 5) is 9.72. The van der Waals surface area contributed by atoms with E-state index >= 15 is 0 Å². The number of carboxylic acid groups (broad SMARTS) is 1. The van der Waals surface area contributed by atoms with Gasteiger partial charge >= 0.3 is 12.1 Å². The molecule has 0 aliphatic rings. The number of hydrogen-bond donors (Lipinski definition) is 2. The van der Waals surface area contributed by atoms with Crippen LogP contribution in [0.2, 0.25) is 0 Å². The van der Waals surface area contributed by atoms with Crippen LogP contribution in [0.15, 0.2) is 23.1 Å². The number of sulfonamides is 1. The third-order valence-electron chi connectivity index (χ3n) is 2.26. The van der Waals surface area contributed by atoms with E-state index in [1.807, 2.05) is 0 Å². The number of hydrogen-bond acceptors (Lipinski definition) is 3. The minimum atomic E-state index is -4.95. The van der Waals surface area contributed by atoms with Crippen molar-refractivity contribution in [2.24, 2.45) is 0 Å². The lowest BCUT2D eigenvalue weighted by Gasteiger charge is -2.12. The number of carbonyl (C=O) groups is 1. The Balaban J connectivity index is 3.16. The van der Waals surface area contributed by atoms with E-state index in [1.165, 1.54) is 0 Å². The molecule has 0 radical (unpaired) electrons. The van der Waals surface area contributed by atoms with Crippen LogP contribution in [-0.4, -0.2) is 25.5 Å². The molecule has 0 amide bonds. The minimum absolute atomic E-state index is 0.180. The van der Waals surface area contributed by atoms with Crippen molar-refractivity contribution in [3.8, 4) is 0 Å². The van der Waals surface area contributed by atoms with Crippen LogP contribution in [0.1, 0.15) is 12.5 Å². The fourth-order valence-electron chi connectivity index (χ4n) is 1.24. The van der Waals surface area contributed by atoms with Crippen LogP contribution >= 0.6 is 0 Å². The van der Waals surface area contributed by atoms with Gasteiger partial charge in [0.05, 0.1) is 10.5 Å². The number of aliphatic carboxylic acids is 1. The number of benzene rings is 1. The van der Waals surface area contributed by atoms with Crippen LogP contribution in [0.4, 0.5) is 17.6 Å². The lowest BCUT2D eigenvalue weighted by atomic mass is 10.2. The summed E-state index contributed by atoms with van der Waals surface area (Å²) in [6.07, 6.45) is -4.95. The maximum absolute atomic E-state index is 13.2.